The Labute approximate surface area is 113 Å². The highest BCUT2D eigenvalue weighted by Gasteiger charge is 2.04. The number of nitrogens with one attached hydrogen (secondary N) is 1. The molecule has 2 rings (SSSR count). The Hall–Kier alpha value is -1.81. The fourth-order valence-electron chi connectivity index (χ4n) is 2.12. The van der Waals surface area contributed by atoms with Crippen LogP contribution < -0.4 is 11.1 Å². The van der Waals surface area contributed by atoms with Crippen LogP contribution in [-0.2, 0) is 0 Å². The lowest BCUT2D eigenvalue weighted by Crippen LogP contribution is -2.07. The zero-order valence-electron chi connectivity index (χ0n) is 11.3. The molecule has 1 aromatic carbocycles. The minimum atomic E-state index is 0.259. The normalized spacial score (nSPS) is 12.5. The van der Waals surface area contributed by atoms with E-state index in [-0.39, 0.29) is 6.61 Å². The topological polar surface area (TPSA) is 71.2 Å². The van der Waals surface area contributed by atoms with Crippen LogP contribution in [0.25, 0.3) is 10.9 Å². The molecule has 0 aliphatic heterocycles. The molecule has 0 fully saturated rings. The second-order valence-corrected chi connectivity index (χ2v) is 4.96. The first kappa shape index (κ1) is 13.6. The van der Waals surface area contributed by atoms with Crippen LogP contribution in [0.2, 0.25) is 0 Å². The average Bonchev–Trinajstić information content (AvgIpc) is 2.44. The predicted molar refractivity (Wildman–Crippen MR) is 80.1 cm³/mol. The lowest BCUT2D eigenvalue weighted by molar-refractivity contribution is 0.229. The molecule has 1 aromatic heterocycles. The van der Waals surface area contributed by atoms with E-state index < -0.39 is 0 Å². The van der Waals surface area contributed by atoms with Gasteiger partial charge in [0.15, 0.2) is 0 Å². The zero-order valence-corrected chi connectivity index (χ0v) is 11.3. The van der Waals surface area contributed by atoms with E-state index in [0.29, 0.717) is 11.6 Å². The number of para-hydroxylation sites is 1. The monoisotopic (exact) mass is 259 g/mol. The molecule has 0 bridgehead atoms. The number of nitrogens with zero attached hydrogens (tertiary/aromatic N) is 1. The molecule has 19 heavy (non-hydrogen) atoms. The van der Waals surface area contributed by atoms with Crippen molar-refractivity contribution in [3.8, 4) is 0 Å². The van der Waals surface area contributed by atoms with Gasteiger partial charge < -0.3 is 16.2 Å². The van der Waals surface area contributed by atoms with Gasteiger partial charge in [-0.05, 0) is 30.9 Å². The van der Waals surface area contributed by atoms with E-state index in [0.717, 1.165) is 36.0 Å². The molecule has 0 radical (unpaired) electrons. The number of aliphatic hydroxyl groups excluding tert-OH is 1. The summed E-state index contributed by atoms with van der Waals surface area (Å²) in [7, 11) is 0. The van der Waals surface area contributed by atoms with Crippen molar-refractivity contribution >= 4 is 22.3 Å². The summed E-state index contributed by atoms with van der Waals surface area (Å²) in [6, 6.07) is 7.80. The second kappa shape index (κ2) is 6.38. The van der Waals surface area contributed by atoms with Crippen LogP contribution in [0.5, 0.6) is 0 Å². The van der Waals surface area contributed by atoms with Gasteiger partial charge >= 0.3 is 0 Å². The van der Waals surface area contributed by atoms with Crippen LogP contribution in [-0.4, -0.2) is 23.2 Å². The van der Waals surface area contributed by atoms with Crippen molar-refractivity contribution in [1.82, 2.24) is 4.98 Å². The Morgan fingerprint density at radius 3 is 3.00 bits per heavy atom. The first-order valence-electron chi connectivity index (χ1n) is 6.70. The van der Waals surface area contributed by atoms with E-state index in [9.17, 15) is 0 Å². The minimum Gasteiger partial charge on any atom is -0.397 e. The summed E-state index contributed by atoms with van der Waals surface area (Å²) in [4.78, 5) is 4.31. The molecule has 0 aliphatic rings. The van der Waals surface area contributed by atoms with Crippen molar-refractivity contribution in [2.24, 2.45) is 5.92 Å². The summed E-state index contributed by atoms with van der Waals surface area (Å²) >= 11 is 0. The Morgan fingerprint density at radius 2 is 2.21 bits per heavy atom. The van der Waals surface area contributed by atoms with Crippen molar-refractivity contribution in [2.45, 2.75) is 19.8 Å². The molecule has 1 heterocycles. The third-order valence-corrected chi connectivity index (χ3v) is 3.30. The van der Waals surface area contributed by atoms with Gasteiger partial charge in [0.1, 0.15) is 0 Å². The number of anilines is 2. The zero-order chi connectivity index (χ0) is 13.7. The van der Waals surface area contributed by atoms with E-state index in [1.165, 1.54) is 0 Å². The number of nitrogen functional groups attached to an aromatic ring is 1. The third kappa shape index (κ3) is 3.35. The van der Waals surface area contributed by atoms with Crippen molar-refractivity contribution in [3.63, 3.8) is 0 Å². The summed E-state index contributed by atoms with van der Waals surface area (Å²) in [6.45, 7) is 3.20. The molecule has 4 heteroatoms. The van der Waals surface area contributed by atoms with Gasteiger partial charge in [-0.1, -0.05) is 19.1 Å². The summed E-state index contributed by atoms with van der Waals surface area (Å²) in [5.41, 5.74) is 8.53. The van der Waals surface area contributed by atoms with Crippen molar-refractivity contribution in [1.29, 1.82) is 0 Å². The fourth-order valence-corrected chi connectivity index (χ4v) is 2.12. The maximum absolute atomic E-state index is 8.98. The number of nitrogens with two attached hydrogens (primary N) is 1. The molecule has 0 spiro atoms. The Morgan fingerprint density at radius 1 is 1.37 bits per heavy atom. The van der Waals surface area contributed by atoms with Crippen LogP contribution in [0, 0.1) is 5.92 Å². The van der Waals surface area contributed by atoms with Crippen LogP contribution in [0.3, 0.4) is 0 Å². The van der Waals surface area contributed by atoms with E-state index >= 15 is 0 Å². The molecule has 0 aliphatic carbocycles. The van der Waals surface area contributed by atoms with Gasteiger partial charge in [0.2, 0.25) is 0 Å². The van der Waals surface area contributed by atoms with E-state index in [1.807, 2.05) is 24.3 Å². The molecular formula is C15H21N3O. The quantitative estimate of drug-likeness (QED) is 0.551. The number of rotatable bonds is 6. The predicted octanol–water partition coefficient (Wildman–Crippen LogP) is 2.64. The van der Waals surface area contributed by atoms with Gasteiger partial charge in [0.25, 0.3) is 0 Å². The summed E-state index contributed by atoms with van der Waals surface area (Å²) in [6.07, 6.45) is 3.83. The molecule has 2 aromatic rings. The van der Waals surface area contributed by atoms with Crippen LogP contribution in [0.4, 0.5) is 11.4 Å². The highest BCUT2D eigenvalue weighted by atomic mass is 16.3. The first-order valence-corrected chi connectivity index (χ1v) is 6.70. The standard InChI is InChI=1S/C15H21N3O/c1-11(10-19)4-3-8-17-14-7-9-18-15-12(14)5-2-6-13(15)16/h2,5-7,9,11,19H,3-4,8,10,16H2,1H3,(H,17,18). The molecule has 0 amide bonds. The molecule has 4 nitrogen and oxygen atoms in total. The van der Waals surface area contributed by atoms with Crippen LogP contribution >= 0.6 is 0 Å². The Kier molecular flexibility index (Phi) is 4.58. The highest BCUT2D eigenvalue weighted by molar-refractivity contribution is 5.97. The number of fused-ring (bicyclic) bond motifs is 1. The molecule has 0 saturated heterocycles. The van der Waals surface area contributed by atoms with Crippen molar-refractivity contribution < 1.29 is 5.11 Å². The number of pyridine rings is 1. The van der Waals surface area contributed by atoms with Gasteiger partial charge in [0, 0.05) is 30.4 Å². The van der Waals surface area contributed by atoms with E-state index in [4.69, 9.17) is 10.8 Å². The maximum Gasteiger partial charge on any atom is 0.0951 e. The smallest absolute Gasteiger partial charge is 0.0951 e. The summed E-state index contributed by atoms with van der Waals surface area (Å²) < 4.78 is 0. The van der Waals surface area contributed by atoms with Crippen LogP contribution in [0.15, 0.2) is 30.5 Å². The Bertz CT molecular complexity index is 542. The summed E-state index contributed by atoms with van der Waals surface area (Å²) in [5.74, 6) is 0.367. The molecule has 102 valence electrons. The van der Waals surface area contributed by atoms with Gasteiger partial charge in [-0.25, -0.2) is 0 Å². The van der Waals surface area contributed by atoms with Gasteiger partial charge in [-0.3, -0.25) is 4.98 Å². The second-order valence-electron chi connectivity index (χ2n) is 4.96. The van der Waals surface area contributed by atoms with E-state index in [2.05, 4.69) is 17.2 Å². The van der Waals surface area contributed by atoms with Gasteiger partial charge in [-0.2, -0.15) is 0 Å². The fraction of sp³-hybridized carbons (Fsp3) is 0.400. The number of aliphatic hydroxyl groups is 1. The van der Waals surface area contributed by atoms with Crippen LogP contribution in [0.1, 0.15) is 19.8 Å². The lowest BCUT2D eigenvalue weighted by Gasteiger charge is -2.11. The number of hydrogen-bond donors (Lipinski definition) is 3. The minimum absolute atomic E-state index is 0.259. The van der Waals surface area contributed by atoms with Gasteiger partial charge in [0.05, 0.1) is 11.2 Å². The average molecular weight is 259 g/mol. The highest BCUT2D eigenvalue weighted by Crippen LogP contribution is 2.25. The molecule has 4 N–H and O–H groups in total. The number of aromatic nitrogens is 1. The largest absolute Gasteiger partial charge is 0.397 e. The summed E-state index contributed by atoms with van der Waals surface area (Å²) in [5, 5.41) is 13.5. The number of benzene rings is 1. The maximum atomic E-state index is 8.98. The molecular weight excluding hydrogens is 238 g/mol. The first-order chi connectivity index (χ1) is 9.22. The molecule has 0 saturated carbocycles. The van der Waals surface area contributed by atoms with Crippen molar-refractivity contribution in [3.05, 3.63) is 30.5 Å². The van der Waals surface area contributed by atoms with Crippen molar-refractivity contribution in [2.75, 3.05) is 24.2 Å². The molecule has 1 atom stereocenters. The van der Waals surface area contributed by atoms with Gasteiger partial charge in [-0.15, -0.1) is 0 Å². The van der Waals surface area contributed by atoms with E-state index in [1.54, 1.807) is 6.20 Å². The molecule has 1 unspecified atom stereocenters. The lowest BCUT2D eigenvalue weighted by atomic mass is 10.1. The SMILES string of the molecule is CC(CO)CCCNc1ccnc2c(N)cccc12. The third-order valence-electron chi connectivity index (χ3n) is 3.30. The number of hydrogen-bond acceptors (Lipinski definition) is 4. The Balaban J connectivity index is 2.03.